The summed E-state index contributed by atoms with van der Waals surface area (Å²) in [5.41, 5.74) is 6.09. The minimum absolute atomic E-state index is 0.00906. The van der Waals surface area contributed by atoms with Crippen molar-refractivity contribution in [2.45, 2.75) is 25.3 Å². The Bertz CT molecular complexity index is 1210. The zero-order valence-electron chi connectivity index (χ0n) is 18.4. The molecule has 10 heteroatoms. The average Bonchev–Trinajstić information content (AvgIpc) is 2.79. The highest BCUT2D eigenvalue weighted by atomic mass is 35.5. The molecule has 0 spiro atoms. The number of amides is 1. The fourth-order valence-corrected chi connectivity index (χ4v) is 4.11. The molecule has 0 unspecified atom stereocenters. The molecule has 0 saturated heterocycles. The largest absolute Gasteiger partial charge is 0.488 e. The van der Waals surface area contributed by atoms with Crippen molar-refractivity contribution in [3.8, 4) is 5.75 Å². The highest BCUT2D eigenvalue weighted by Crippen LogP contribution is 2.27. The molecule has 3 aromatic carbocycles. The second-order valence-electron chi connectivity index (χ2n) is 7.35. The van der Waals surface area contributed by atoms with Crippen molar-refractivity contribution in [3.05, 3.63) is 97.0 Å². The summed E-state index contributed by atoms with van der Waals surface area (Å²) in [6, 6.07) is 15.2. The fourth-order valence-electron chi connectivity index (χ4n) is 3.09. The summed E-state index contributed by atoms with van der Waals surface area (Å²) in [4.78, 5) is 23.0. The standard InChI is InChI=1S/C24H21Cl2N3O4S/c1-15-9-18(10-16(2)24(15)33-13-17-3-8-21(25)22(26)11-17)12-27-28-23(30)14-34-20-6-4-19(5-7-20)29(31)32/h3-12H,13-14H2,1-2H3,(H,28,30)/b27-12-. The number of carbonyl (C=O) groups is 1. The Kier molecular flexibility index (Phi) is 8.92. The second kappa shape index (κ2) is 11.9. The molecule has 0 saturated carbocycles. The first-order valence-corrected chi connectivity index (χ1v) is 11.8. The van der Waals surface area contributed by atoms with Crippen molar-refractivity contribution < 1.29 is 14.5 Å². The molecule has 0 heterocycles. The lowest BCUT2D eigenvalue weighted by Crippen LogP contribution is -2.19. The molecule has 3 aromatic rings. The molecule has 176 valence electrons. The van der Waals surface area contributed by atoms with Crippen LogP contribution in [0.4, 0.5) is 5.69 Å². The molecule has 1 amide bonds. The number of non-ortho nitro benzene ring substituents is 1. The number of hydrogen-bond acceptors (Lipinski definition) is 6. The normalized spacial score (nSPS) is 10.9. The number of nitro groups is 1. The van der Waals surface area contributed by atoms with Gasteiger partial charge in [0.25, 0.3) is 5.69 Å². The summed E-state index contributed by atoms with van der Waals surface area (Å²) in [6.45, 7) is 4.23. The number of carbonyl (C=O) groups excluding carboxylic acids is 1. The van der Waals surface area contributed by atoms with Crippen LogP contribution in [0.2, 0.25) is 10.0 Å². The van der Waals surface area contributed by atoms with Gasteiger partial charge in [-0.2, -0.15) is 5.10 Å². The van der Waals surface area contributed by atoms with Gasteiger partial charge in [-0.25, -0.2) is 5.43 Å². The number of rotatable bonds is 9. The van der Waals surface area contributed by atoms with Crippen LogP contribution >= 0.6 is 35.0 Å². The molecule has 3 rings (SSSR count). The van der Waals surface area contributed by atoms with Crippen molar-refractivity contribution in [3.63, 3.8) is 0 Å². The topological polar surface area (TPSA) is 93.8 Å². The van der Waals surface area contributed by atoms with E-state index in [1.807, 2.05) is 32.0 Å². The molecule has 34 heavy (non-hydrogen) atoms. The van der Waals surface area contributed by atoms with Gasteiger partial charge in [0.2, 0.25) is 5.91 Å². The van der Waals surface area contributed by atoms with Gasteiger partial charge in [-0.1, -0.05) is 29.3 Å². The Morgan fingerprint density at radius 3 is 2.38 bits per heavy atom. The molecule has 0 aliphatic heterocycles. The Balaban J connectivity index is 1.52. The van der Waals surface area contributed by atoms with Crippen LogP contribution in [0.25, 0.3) is 0 Å². The van der Waals surface area contributed by atoms with Gasteiger partial charge < -0.3 is 4.74 Å². The Morgan fingerprint density at radius 1 is 1.09 bits per heavy atom. The first-order valence-electron chi connectivity index (χ1n) is 10.1. The molecule has 0 bridgehead atoms. The second-order valence-corrected chi connectivity index (χ2v) is 9.22. The summed E-state index contributed by atoms with van der Waals surface area (Å²) in [7, 11) is 0. The maximum Gasteiger partial charge on any atom is 0.269 e. The van der Waals surface area contributed by atoms with Gasteiger partial charge in [0, 0.05) is 17.0 Å². The van der Waals surface area contributed by atoms with Crippen LogP contribution in [0.5, 0.6) is 5.75 Å². The first kappa shape index (κ1) is 25.6. The van der Waals surface area contributed by atoms with E-state index in [4.69, 9.17) is 27.9 Å². The number of thioether (sulfide) groups is 1. The van der Waals surface area contributed by atoms with Crippen molar-refractivity contribution in [2.75, 3.05) is 5.75 Å². The van der Waals surface area contributed by atoms with Crippen LogP contribution in [-0.4, -0.2) is 22.8 Å². The van der Waals surface area contributed by atoms with Gasteiger partial charge in [-0.15, -0.1) is 11.8 Å². The molecule has 0 atom stereocenters. The molecule has 1 N–H and O–H groups in total. The zero-order chi connectivity index (χ0) is 24.7. The Labute approximate surface area is 211 Å². The molecular weight excluding hydrogens is 497 g/mol. The van der Waals surface area contributed by atoms with Crippen LogP contribution in [0.1, 0.15) is 22.3 Å². The summed E-state index contributed by atoms with van der Waals surface area (Å²) in [6.07, 6.45) is 1.57. The predicted molar refractivity (Wildman–Crippen MR) is 136 cm³/mol. The molecular formula is C24H21Cl2N3O4S. The lowest BCUT2D eigenvalue weighted by molar-refractivity contribution is -0.384. The van der Waals surface area contributed by atoms with Crippen LogP contribution in [0, 0.1) is 24.0 Å². The van der Waals surface area contributed by atoms with Crippen LogP contribution in [-0.2, 0) is 11.4 Å². The number of ether oxygens (including phenoxy) is 1. The summed E-state index contributed by atoms with van der Waals surface area (Å²) in [5.74, 6) is 0.621. The Morgan fingerprint density at radius 2 is 1.76 bits per heavy atom. The van der Waals surface area contributed by atoms with Crippen molar-refractivity contribution in [1.29, 1.82) is 0 Å². The van der Waals surface area contributed by atoms with Crippen LogP contribution < -0.4 is 10.2 Å². The third-order valence-corrected chi connectivity index (χ3v) is 6.42. The molecule has 0 aliphatic carbocycles. The third-order valence-electron chi connectivity index (χ3n) is 4.67. The van der Waals surface area contributed by atoms with Crippen molar-refractivity contribution in [1.82, 2.24) is 5.43 Å². The van der Waals surface area contributed by atoms with Gasteiger partial charge in [-0.3, -0.25) is 14.9 Å². The van der Waals surface area contributed by atoms with Gasteiger partial charge in [0.1, 0.15) is 12.4 Å². The smallest absolute Gasteiger partial charge is 0.269 e. The molecule has 0 aromatic heterocycles. The average molecular weight is 518 g/mol. The minimum atomic E-state index is -0.465. The predicted octanol–water partition coefficient (Wildman–Crippen LogP) is 6.34. The van der Waals surface area contributed by atoms with E-state index in [1.165, 1.54) is 23.9 Å². The van der Waals surface area contributed by atoms with E-state index in [2.05, 4.69) is 10.5 Å². The highest BCUT2D eigenvalue weighted by Gasteiger charge is 2.09. The quantitative estimate of drug-likeness (QED) is 0.154. The SMILES string of the molecule is Cc1cc(/C=N\NC(=O)CSc2ccc([N+](=O)[O-])cc2)cc(C)c1OCc1ccc(Cl)c(Cl)c1. The Hall–Kier alpha value is -3.07. The van der Waals surface area contributed by atoms with Crippen molar-refractivity contribution in [2.24, 2.45) is 5.10 Å². The first-order chi connectivity index (χ1) is 16.2. The number of nitro benzene ring substituents is 1. The summed E-state index contributed by atoms with van der Waals surface area (Å²) in [5, 5.41) is 15.7. The van der Waals surface area contributed by atoms with Gasteiger partial charge in [0.05, 0.1) is 26.9 Å². The maximum absolute atomic E-state index is 12.0. The monoisotopic (exact) mass is 517 g/mol. The van der Waals surface area contributed by atoms with E-state index < -0.39 is 4.92 Å². The van der Waals surface area contributed by atoms with E-state index in [1.54, 1.807) is 30.5 Å². The van der Waals surface area contributed by atoms with E-state index in [9.17, 15) is 14.9 Å². The summed E-state index contributed by atoms with van der Waals surface area (Å²) < 4.78 is 5.98. The van der Waals surface area contributed by atoms with E-state index in [0.717, 1.165) is 32.9 Å². The maximum atomic E-state index is 12.0. The number of benzene rings is 3. The number of aryl methyl sites for hydroxylation is 2. The van der Waals surface area contributed by atoms with Crippen LogP contribution in [0.15, 0.2) is 64.6 Å². The van der Waals surface area contributed by atoms with E-state index in [0.29, 0.717) is 16.7 Å². The number of halogens is 2. The number of hydrazone groups is 1. The number of nitrogens with one attached hydrogen (secondary N) is 1. The molecule has 0 aliphatic rings. The molecule has 7 nitrogen and oxygen atoms in total. The van der Waals surface area contributed by atoms with Gasteiger partial charge in [0.15, 0.2) is 0 Å². The number of hydrogen-bond donors (Lipinski definition) is 1. The molecule has 0 fully saturated rings. The highest BCUT2D eigenvalue weighted by molar-refractivity contribution is 8.00. The van der Waals surface area contributed by atoms with Crippen molar-refractivity contribution >= 4 is 52.8 Å². The fraction of sp³-hybridized carbons (Fsp3) is 0.167. The van der Waals surface area contributed by atoms with E-state index in [-0.39, 0.29) is 17.3 Å². The lowest BCUT2D eigenvalue weighted by atomic mass is 10.1. The van der Waals surface area contributed by atoms with Gasteiger partial charge >= 0.3 is 0 Å². The number of nitrogens with zero attached hydrogens (tertiary/aromatic N) is 2. The summed E-state index contributed by atoms with van der Waals surface area (Å²) >= 11 is 13.3. The minimum Gasteiger partial charge on any atom is -0.488 e. The van der Waals surface area contributed by atoms with Gasteiger partial charge in [-0.05, 0) is 72.5 Å². The third kappa shape index (κ3) is 7.21. The van der Waals surface area contributed by atoms with Crippen LogP contribution in [0.3, 0.4) is 0 Å². The molecule has 0 radical (unpaired) electrons. The van der Waals surface area contributed by atoms with E-state index >= 15 is 0 Å². The zero-order valence-corrected chi connectivity index (χ0v) is 20.7. The lowest BCUT2D eigenvalue weighted by Gasteiger charge is -2.13.